The van der Waals surface area contributed by atoms with E-state index in [1.165, 1.54) is 10.4 Å². The summed E-state index contributed by atoms with van der Waals surface area (Å²) in [5.41, 5.74) is 4.40. The average molecular weight is 493 g/mol. The highest BCUT2D eigenvalue weighted by atomic mass is 32.1. The molecule has 8 nitrogen and oxygen atoms in total. The molecule has 0 saturated heterocycles. The van der Waals surface area contributed by atoms with Crippen molar-refractivity contribution in [2.75, 3.05) is 46.2 Å². The van der Waals surface area contributed by atoms with E-state index < -0.39 is 0 Å². The number of nitrogens with one attached hydrogen (secondary N) is 1. The summed E-state index contributed by atoms with van der Waals surface area (Å²) in [6.07, 6.45) is 5.98. The molecule has 0 spiro atoms. The molecule has 2 aromatic heterocycles. The van der Waals surface area contributed by atoms with Gasteiger partial charge >= 0.3 is 0 Å². The van der Waals surface area contributed by atoms with Crippen molar-refractivity contribution in [2.24, 2.45) is 10.9 Å². The number of benzene rings is 1. The number of hydrogen-bond donors (Lipinski definition) is 1. The molecule has 0 saturated carbocycles. The van der Waals surface area contributed by atoms with E-state index in [1.54, 1.807) is 24.8 Å². The normalized spacial score (nSPS) is 16.4. The SMILES string of the molecule is CCN(CCN(C)C)C(=O)[C@H]1CCc2c(sc3ncnc(Nc4cc5c(cc4OC)CN=C5)c23)C1. The molecule has 1 N–H and O–H groups in total. The topological polar surface area (TPSA) is 83.0 Å². The van der Waals surface area contributed by atoms with Crippen molar-refractivity contribution in [3.63, 3.8) is 0 Å². The number of thiophene rings is 1. The maximum Gasteiger partial charge on any atom is 0.226 e. The highest BCUT2D eigenvalue weighted by Gasteiger charge is 2.31. The Morgan fingerprint density at radius 1 is 1.26 bits per heavy atom. The van der Waals surface area contributed by atoms with Gasteiger partial charge < -0.3 is 19.9 Å². The van der Waals surface area contributed by atoms with Gasteiger partial charge in [0, 0.05) is 36.6 Å². The summed E-state index contributed by atoms with van der Waals surface area (Å²) in [4.78, 5) is 33.2. The number of nitrogens with zero attached hydrogens (tertiary/aromatic N) is 5. The number of likely N-dealkylation sites (N-methyl/N-ethyl adjacent to an activating group) is 2. The number of carbonyl (C=O) groups is 1. The summed E-state index contributed by atoms with van der Waals surface area (Å²) in [6, 6.07) is 4.11. The first-order valence-electron chi connectivity index (χ1n) is 12.1. The number of aliphatic imine (C=N–C) groups is 1. The highest BCUT2D eigenvalue weighted by molar-refractivity contribution is 7.19. The number of aryl methyl sites for hydroxylation is 1. The summed E-state index contributed by atoms with van der Waals surface area (Å²) < 4.78 is 5.65. The van der Waals surface area contributed by atoms with Crippen molar-refractivity contribution in [3.8, 4) is 5.75 Å². The van der Waals surface area contributed by atoms with Crippen LogP contribution in [-0.4, -0.2) is 72.7 Å². The molecule has 0 fully saturated rings. The molecule has 1 aliphatic heterocycles. The molecule has 1 aromatic carbocycles. The van der Waals surface area contributed by atoms with E-state index >= 15 is 0 Å². The number of ether oxygens (including phenoxy) is 1. The molecule has 35 heavy (non-hydrogen) atoms. The Morgan fingerprint density at radius 3 is 2.89 bits per heavy atom. The zero-order valence-corrected chi connectivity index (χ0v) is 21.6. The van der Waals surface area contributed by atoms with E-state index in [9.17, 15) is 4.79 Å². The largest absolute Gasteiger partial charge is 0.495 e. The van der Waals surface area contributed by atoms with Crippen molar-refractivity contribution in [3.05, 3.63) is 40.0 Å². The van der Waals surface area contributed by atoms with Crippen LogP contribution in [-0.2, 0) is 24.2 Å². The molecule has 5 rings (SSSR count). The third kappa shape index (κ3) is 4.62. The predicted molar refractivity (Wildman–Crippen MR) is 141 cm³/mol. The summed E-state index contributed by atoms with van der Waals surface area (Å²) in [7, 11) is 5.77. The summed E-state index contributed by atoms with van der Waals surface area (Å²) in [5.74, 6) is 1.85. The lowest BCUT2D eigenvalue weighted by atomic mass is 9.86. The van der Waals surface area contributed by atoms with Gasteiger partial charge in [0.15, 0.2) is 0 Å². The molecular formula is C26H32N6O2S. The van der Waals surface area contributed by atoms with Crippen LogP contribution < -0.4 is 10.1 Å². The lowest BCUT2D eigenvalue weighted by molar-refractivity contribution is -0.135. The van der Waals surface area contributed by atoms with Gasteiger partial charge in [-0.1, -0.05) is 0 Å². The van der Waals surface area contributed by atoms with Crippen molar-refractivity contribution in [1.29, 1.82) is 0 Å². The molecule has 184 valence electrons. The molecule has 0 unspecified atom stereocenters. The van der Waals surface area contributed by atoms with Gasteiger partial charge in [-0.3, -0.25) is 9.79 Å². The fourth-order valence-corrected chi connectivity index (χ4v) is 6.22. The third-order valence-corrected chi connectivity index (χ3v) is 8.07. The summed E-state index contributed by atoms with van der Waals surface area (Å²) >= 11 is 1.69. The van der Waals surface area contributed by atoms with E-state index in [0.717, 1.165) is 77.5 Å². The molecule has 1 aliphatic carbocycles. The second kappa shape index (κ2) is 9.91. The highest BCUT2D eigenvalue weighted by Crippen LogP contribution is 2.42. The molecule has 0 bridgehead atoms. The van der Waals surface area contributed by atoms with Crippen LogP contribution in [0.5, 0.6) is 5.75 Å². The van der Waals surface area contributed by atoms with Crippen LogP contribution in [0.2, 0.25) is 0 Å². The van der Waals surface area contributed by atoms with Crippen molar-refractivity contribution >= 4 is 45.2 Å². The Hall–Kier alpha value is -3.04. The number of carbonyl (C=O) groups excluding carboxylic acids is 1. The second-order valence-corrected chi connectivity index (χ2v) is 10.5. The number of methoxy groups -OCH3 is 1. The van der Waals surface area contributed by atoms with Gasteiger partial charge in [0.05, 0.1) is 24.7 Å². The molecule has 3 aromatic rings. The van der Waals surface area contributed by atoms with Crippen LogP contribution in [0.1, 0.15) is 34.9 Å². The minimum Gasteiger partial charge on any atom is -0.495 e. The van der Waals surface area contributed by atoms with Crippen LogP contribution in [0.4, 0.5) is 11.5 Å². The first-order chi connectivity index (χ1) is 17.0. The molecule has 9 heteroatoms. The smallest absolute Gasteiger partial charge is 0.226 e. The number of hydrogen-bond acceptors (Lipinski definition) is 8. The van der Waals surface area contributed by atoms with Crippen LogP contribution in [0, 0.1) is 5.92 Å². The Morgan fingerprint density at radius 2 is 2.11 bits per heavy atom. The van der Waals surface area contributed by atoms with Gasteiger partial charge in [0.2, 0.25) is 5.91 Å². The summed E-state index contributed by atoms with van der Waals surface area (Å²) in [6.45, 7) is 5.14. The van der Waals surface area contributed by atoms with Crippen LogP contribution in [0.25, 0.3) is 10.2 Å². The molecule has 2 aliphatic rings. The fourth-order valence-electron chi connectivity index (χ4n) is 4.95. The standard InChI is InChI=1S/C26H32N6O2S/c1-5-32(9-8-31(2)3)26(33)16-6-7-19-22(12-16)35-25-23(19)24(28-15-29-25)30-20-10-17-13-27-14-18(17)11-21(20)34-4/h10-11,13,15-16H,5-9,12,14H2,1-4H3,(H,28,29,30)/t16-/m0/s1. The van der Waals surface area contributed by atoms with Gasteiger partial charge in [-0.2, -0.15) is 0 Å². The molecule has 1 amide bonds. The molecule has 0 radical (unpaired) electrons. The van der Waals surface area contributed by atoms with Crippen molar-refractivity contribution < 1.29 is 9.53 Å². The predicted octanol–water partition coefficient (Wildman–Crippen LogP) is 3.89. The Bertz CT molecular complexity index is 1280. The molecular weight excluding hydrogens is 460 g/mol. The number of amides is 1. The fraction of sp³-hybridized carbons (Fsp3) is 0.462. The third-order valence-electron chi connectivity index (χ3n) is 6.91. The van der Waals surface area contributed by atoms with E-state index in [0.29, 0.717) is 6.54 Å². The lowest BCUT2D eigenvalue weighted by Crippen LogP contribution is -2.41. The van der Waals surface area contributed by atoms with Crippen LogP contribution in [0.15, 0.2) is 23.5 Å². The number of fused-ring (bicyclic) bond motifs is 4. The van der Waals surface area contributed by atoms with Gasteiger partial charge in [-0.05, 0) is 69.1 Å². The Kier molecular flexibility index (Phi) is 6.71. The van der Waals surface area contributed by atoms with Crippen molar-refractivity contribution in [2.45, 2.75) is 32.7 Å². The van der Waals surface area contributed by atoms with Crippen LogP contribution >= 0.6 is 11.3 Å². The molecule has 3 heterocycles. The van der Waals surface area contributed by atoms with Crippen LogP contribution in [0.3, 0.4) is 0 Å². The van der Waals surface area contributed by atoms with Crippen molar-refractivity contribution in [1.82, 2.24) is 19.8 Å². The zero-order chi connectivity index (χ0) is 24.5. The second-order valence-electron chi connectivity index (χ2n) is 9.41. The maximum atomic E-state index is 13.3. The van der Waals surface area contributed by atoms with E-state index in [4.69, 9.17) is 4.74 Å². The Balaban J connectivity index is 1.42. The Labute approximate surface area is 210 Å². The minimum atomic E-state index is 0.0261. The monoisotopic (exact) mass is 492 g/mol. The first-order valence-corrected chi connectivity index (χ1v) is 13.0. The maximum absolute atomic E-state index is 13.3. The van der Waals surface area contributed by atoms with E-state index in [1.807, 2.05) is 31.3 Å². The average Bonchev–Trinajstić information content (AvgIpc) is 3.47. The zero-order valence-electron chi connectivity index (χ0n) is 20.8. The quantitative estimate of drug-likeness (QED) is 0.514. The first kappa shape index (κ1) is 23.7. The number of rotatable bonds is 8. The van der Waals surface area contributed by atoms with Gasteiger partial charge in [-0.25, -0.2) is 9.97 Å². The minimum absolute atomic E-state index is 0.0261. The number of anilines is 2. The lowest BCUT2D eigenvalue weighted by Gasteiger charge is -2.29. The van der Waals surface area contributed by atoms with E-state index in [2.05, 4.69) is 38.2 Å². The van der Waals surface area contributed by atoms with Gasteiger partial charge in [0.25, 0.3) is 0 Å². The van der Waals surface area contributed by atoms with Gasteiger partial charge in [-0.15, -0.1) is 11.3 Å². The summed E-state index contributed by atoms with van der Waals surface area (Å²) in [5, 5.41) is 4.57. The number of aromatic nitrogens is 2. The molecule has 1 atom stereocenters. The van der Waals surface area contributed by atoms with Gasteiger partial charge in [0.1, 0.15) is 22.7 Å². The van der Waals surface area contributed by atoms with E-state index in [-0.39, 0.29) is 11.8 Å².